The first-order valence-electron chi connectivity index (χ1n) is 9.22. The van der Waals surface area contributed by atoms with Gasteiger partial charge in [0, 0.05) is 22.9 Å². The highest BCUT2D eigenvalue weighted by molar-refractivity contribution is 6.30. The Bertz CT molecular complexity index is 1050. The van der Waals surface area contributed by atoms with E-state index in [1.807, 2.05) is 38.1 Å². The summed E-state index contributed by atoms with van der Waals surface area (Å²) in [4.78, 5) is 21.5. The molecule has 1 aliphatic rings. The number of nitrogens with zero attached hydrogens (tertiary/aromatic N) is 2. The van der Waals surface area contributed by atoms with Gasteiger partial charge in [-0.2, -0.15) is 0 Å². The minimum atomic E-state index is -0.468. The average Bonchev–Trinajstić information content (AvgIpc) is 2.63. The molecule has 2 unspecified atom stereocenters. The molecule has 4 rings (SSSR count). The Hall–Kier alpha value is -2.70. The second kappa shape index (κ2) is 7.37. The van der Waals surface area contributed by atoms with Crippen molar-refractivity contribution < 1.29 is 4.79 Å². The predicted octanol–water partition coefficient (Wildman–Crippen LogP) is 3.75. The zero-order valence-electron chi connectivity index (χ0n) is 16.0. The summed E-state index contributed by atoms with van der Waals surface area (Å²) in [6.07, 6.45) is -0.111. The lowest BCUT2D eigenvalue weighted by Gasteiger charge is -2.32. The van der Waals surface area contributed by atoms with Crippen molar-refractivity contribution in [1.29, 1.82) is 0 Å². The molecule has 0 saturated carbocycles. The zero-order chi connectivity index (χ0) is 19.8. The molecule has 0 bridgehead atoms. The van der Waals surface area contributed by atoms with Crippen molar-refractivity contribution in [3.05, 3.63) is 63.8 Å². The number of carbonyl (C=O) groups is 1. The Morgan fingerprint density at radius 3 is 2.61 bits per heavy atom. The van der Waals surface area contributed by atoms with Gasteiger partial charge in [-0.25, -0.2) is 9.97 Å². The van der Waals surface area contributed by atoms with Crippen LogP contribution in [0.3, 0.4) is 0 Å². The van der Waals surface area contributed by atoms with Gasteiger partial charge in [-0.15, -0.1) is 0 Å². The van der Waals surface area contributed by atoms with Crippen LogP contribution in [0.4, 0.5) is 5.95 Å². The molecule has 2 heterocycles. The lowest BCUT2D eigenvalue weighted by Crippen LogP contribution is -2.56. The van der Waals surface area contributed by atoms with Crippen LogP contribution in [0.5, 0.6) is 0 Å². The number of aryl methyl sites for hydroxylation is 3. The number of hydrogen-bond acceptors (Lipinski definition) is 5. The molecule has 2 atom stereocenters. The molecule has 1 saturated heterocycles. The fourth-order valence-electron chi connectivity index (χ4n) is 3.62. The standard InChI is InChI=1S/C21H22ClN5O/c1-11-8-12(2)19-16(9-11)13(3)23-20(26-19)27-21-24-17(10-18(28)25-21)14-4-6-15(22)7-5-14/h4-9,17,21,24H,10H2,1-3H3,(H,25,28)(H,23,26,27). The molecule has 3 aromatic rings. The fraction of sp³-hybridized carbons (Fsp3) is 0.286. The van der Waals surface area contributed by atoms with E-state index in [4.69, 9.17) is 11.6 Å². The van der Waals surface area contributed by atoms with Crippen LogP contribution in [0.1, 0.15) is 34.8 Å². The normalized spacial score (nSPS) is 19.5. The second-order valence-electron chi connectivity index (χ2n) is 7.23. The number of halogens is 1. The third kappa shape index (κ3) is 3.79. The largest absolute Gasteiger partial charge is 0.323 e. The number of carbonyl (C=O) groups excluding carboxylic acids is 1. The van der Waals surface area contributed by atoms with Crippen LogP contribution < -0.4 is 16.0 Å². The summed E-state index contributed by atoms with van der Waals surface area (Å²) >= 11 is 5.97. The summed E-state index contributed by atoms with van der Waals surface area (Å²) < 4.78 is 0. The van der Waals surface area contributed by atoms with Crippen molar-refractivity contribution in [2.45, 2.75) is 39.5 Å². The van der Waals surface area contributed by atoms with Gasteiger partial charge < -0.3 is 10.6 Å². The van der Waals surface area contributed by atoms with Gasteiger partial charge in [0.25, 0.3) is 0 Å². The summed E-state index contributed by atoms with van der Waals surface area (Å²) in [5.41, 5.74) is 5.10. The first kappa shape index (κ1) is 18.7. The second-order valence-corrected chi connectivity index (χ2v) is 7.67. The minimum absolute atomic E-state index is 0.0412. The summed E-state index contributed by atoms with van der Waals surface area (Å²) in [6.45, 7) is 6.08. The van der Waals surface area contributed by atoms with E-state index in [-0.39, 0.29) is 11.9 Å². The van der Waals surface area contributed by atoms with Crippen LogP contribution in [0, 0.1) is 20.8 Å². The maximum atomic E-state index is 12.2. The predicted molar refractivity (Wildman–Crippen MR) is 111 cm³/mol. The topological polar surface area (TPSA) is 78.9 Å². The summed E-state index contributed by atoms with van der Waals surface area (Å²) in [5.74, 6) is 0.437. The van der Waals surface area contributed by atoms with E-state index in [9.17, 15) is 4.79 Å². The molecule has 1 amide bonds. The highest BCUT2D eigenvalue weighted by Gasteiger charge is 2.27. The molecular formula is C21H22ClN5O. The lowest BCUT2D eigenvalue weighted by atomic mass is 10.0. The van der Waals surface area contributed by atoms with Crippen molar-refractivity contribution in [1.82, 2.24) is 20.6 Å². The number of fused-ring (bicyclic) bond motifs is 1. The number of aromatic nitrogens is 2. The number of amides is 1. The minimum Gasteiger partial charge on any atom is -0.323 e. The quantitative estimate of drug-likeness (QED) is 0.629. The van der Waals surface area contributed by atoms with Gasteiger partial charge in [0.1, 0.15) is 0 Å². The highest BCUT2D eigenvalue weighted by atomic mass is 35.5. The van der Waals surface area contributed by atoms with Crippen molar-refractivity contribution in [3.63, 3.8) is 0 Å². The van der Waals surface area contributed by atoms with E-state index in [1.165, 1.54) is 5.56 Å². The molecule has 7 heteroatoms. The molecule has 6 nitrogen and oxygen atoms in total. The van der Waals surface area contributed by atoms with Crippen LogP contribution in [-0.2, 0) is 4.79 Å². The third-order valence-electron chi connectivity index (χ3n) is 4.93. The third-order valence-corrected chi connectivity index (χ3v) is 5.19. The molecule has 1 fully saturated rings. The maximum Gasteiger partial charge on any atom is 0.226 e. The summed E-state index contributed by atoms with van der Waals surface area (Å²) in [7, 11) is 0. The smallest absolute Gasteiger partial charge is 0.226 e. The van der Waals surface area contributed by atoms with E-state index in [1.54, 1.807) is 0 Å². The van der Waals surface area contributed by atoms with Crippen molar-refractivity contribution >= 4 is 34.4 Å². The highest BCUT2D eigenvalue weighted by Crippen LogP contribution is 2.24. The molecule has 1 aromatic heterocycles. The van der Waals surface area contributed by atoms with Crippen LogP contribution in [0.15, 0.2) is 36.4 Å². The number of nitrogens with one attached hydrogen (secondary N) is 3. The van der Waals surface area contributed by atoms with Crippen molar-refractivity contribution in [3.8, 4) is 0 Å². The summed E-state index contributed by atoms with van der Waals surface area (Å²) in [6, 6.07) is 11.6. The molecule has 2 aromatic carbocycles. The van der Waals surface area contributed by atoms with Crippen LogP contribution >= 0.6 is 11.6 Å². The summed E-state index contributed by atoms with van der Waals surface area (Å²) in [5, 5.41) is 11.2. The van der Waals surface area contributed by atoms with E-state index in [0.717, 1.165) is 27.7 Å². The van der Waals surface area contributed by atoms with Crippen LogP contribution in [-0.4, -0.2) is 22.2 Å². The van der Waals surface area contributed by atoms with Gasteiger partial charge in [-0.1, -0.05) is 35.4 Å². The Balaban J connectivity index is 1.59. The zero-order valence-corrected chi connectivity index (χ0v) is 16.8. The molecule has 28 heavy (non-hydrogen) atoms. The van der Waals surface area contributed by atoms with Gasteiger partial charge in [-0.3, -0.25) is 10.1 Å². The monoisotopic (exact) mass is 395 g/mol. The SMILES string of the molecule is Cc1cc(C)c2nc(NC3NC(=O)CC(c4ccc(Cl)cc4)N3)nc(C)c2c1. The Morgan fingerprint density at radius 2 is 1.86 bits per heavy atom. The molecule has 3 N–H and O–H groups in total. The Labute approximate surface area is 168 Å². The first-order chi connectivity index (χ1) is 13.4. The Kier molecular flexibility index (Phi) is 4.91. The lowest BCUT2D eigenvalue weighted by molar-refractivity contribution is -0.124. The van der Waals surface area contributed by atoms with Gasteiger partial charge in [0.05, 0.1) is 11.2 Å². The number of benzene rings is 2. The van der Waals surface area contributed by atoms with Gasteiger partial charge in [-0.05, 0) is 50.1 Å². The molecular weight excluding hydrogens is 374 g/mol. The van der Waals surface area contributed by atoms with Crippen molar-refractivity contribution in [2.75, 3.05) is 5.32 Å². The first-order valence-corrected chi connectivity index (χ1v) is 9.60. The molecule has 1 aliphatic heterocycles. The van der Waals surface area contributed by atoms with Gasteiger partial charge in [0.2, 0.25) is 11.9 Å². The molecule has 0 aliphatic carbocycles. The Morgan fingerprint density at radius 1 is 1.11 bits per heavy atom. The molecule has 0 spiro atoms. The average molecular weight is 396 g/mol. The maximum absolute atomic E-state index is 12.2. The number of hydrogen-bond donors (Lipinski definition) is 3. The number of anilines is 1. The van der Waals surface area contributed by atoms with Gasteiger partial charge in [0.15, 0.2) is 6.29 Å². The van der Waals surface area contributed by atoms with E-state index in [0.29, 0.717) is 17.4 Å². The molecule has 144 valence electrons. The molecule has 0 radical (unpaired) electrons. The van der Waals surface area contributed by atoms with E-state index >= 15 is 0 Å². The van der Waals surface area contributed by atoms with Gasteiger partial charge >= 0.3 is 0 Å². The number of rotatable bonds is 3. The van der Waals surface area contributed by atoms with E-state index < -0.39 is 6.29 Å². The fourth-order valence-corrected chi connectivity index (χ4v) is 3.75. The van der Waals surface area contributed by atoms with E-state index in [2.05, 4.69) is 45.0 Å². The van der Waals surface area contributed by atoms with Crippen molar-refractivity contribution in [2.24, 2.45) is 0 Å². The van der Waals surface area contributed by atoms with Crippen LogP contribution in [0.25, 0.3) is 10.9 Å². The van der Waals surface area contributed by atoms with Crippen LogP contribution in [0.2, 0.25) is 5.02 Å².